The summed E-state index contributed by atoms with van der Waals surface area (Å²) < 4.78 is 0. The van der Waals surface area contributed by atoms with Crippen molar-refractivity contribution in [2.24, 2.45) is 5.92 Å². The van der Waals surface area contributed by atoms with E-state index in [1.807, 2.05) is 6.92 Å². The van der Waals surface area contributed by atoms with E-state index in [1.165, 1.54) is 24.2 Å². The van der Waals surface area contributed by atoms with Gasteiger partial charge in [-0.2, -0.15) is 0 Å². The van der Waals surface area contributed by atoms with Crippen LogP contribution in [0.5, 0.6) is 0 Å². The zero-order chi connectivity index (χ0) is 14.3. The molecule has 0 aromatic rings. The first kappa shape index (κ1) is 16.2. The molecule has 0 spiro atoms. The molecule has 2 unspecified atom stereocenters. The summed E-state index contributed by atoms with van der Waals surface area (Å²) in [5.74, 6) is 0.561. The van der Waals surface area contributed by atoms with Gasteiger partial charge in [-0.05, 0) is 25.3 Å². The van der Waals surface area contributed by atoms with E-state index in [4.69, 9.17) is 0 Å². The molecule has 2 amide bonds. The quantitative estimate of drug-likeness (QED) is 0.653. The molecule has 1 N–H and O–H groups in total. The lowest BCUT2D eigenvalue weighted by atomic mass is 9.99. The number of nitrogens with one attached hydrogen (secondary N) is 1. The summed E-state index contributed by atoms with van der Waals surface area (Å²) in [6.07, 6.45) is 5.94. The smallest absolute Gasteiger partial charge is 0.246 e. The molecule has 19 heavy (non-hydrogen) atoms. The number of amides is 2. The van der Waals surface area contributed by atoms with E-state index in [2.05, 4.69) is 19.2 Å². The lowest BCUT2D eigenvalue weighted by Crippen LogP contribution is -2.40. The number of likely N-dealkylation sites (tertiary alicyclic amines) is 1. The minimum Gasteiger partial charge on any atom is -0.305 e. The van der Waals surface area contributed by atoms with Crippen molar-refractivity contribution in [2.45, 2.75) is 65.3 Å². The van der Waals surface area contributed by atoms with Gasteiger partial charge in [-0.25, -0.2) is 0 Å². The Labute approximate surface area is 116 Å². The third-order valence-electron chi connectivity index (χ3n) is 3.89. The third-order valence-corrected chi connectivity index (χ3v) is 3.89. The van der Waals surface area contributed by atoms with Crippen molar-refractivity contribution in [2.75, 3.05) is 13.1 Å². The van der Waals surface area contributed by atoms with Gasteiger partial charge in [0.1, 0.15) is 0 Å². The number of rotatable bonds is 9. The van der Waals surface area contributed by atoms with Crippen molar-refractivity contribution in [3.05, 3.63) is 0 Å². The Morgan fingerprint density at radius 1 is 1.26 bits per heavy atom. The highest BCUT2D eigenvalue weighted by atomic mass is 16.2. The minimum atomic E-state index is -0.283. The second-order valence-corrected chi connectivity index (χ2v) is 5.47. The summed E-state index contributed by atoms with van der Waals surface area (Å²) in [5.41, 5.74) is 0. The highest BCUT2D eigenvalue weighted by Crippen LogP contribution is 2.16. The zero-order valence-electron chi connectivity index (χ0n) is 12.6. The van der Waals surface area contributed by atoms with E-state index in [-0.39, 0.29) is 17.9 Å². The topological polar surface area (TPSA) is 49.4 Å². The predicted molar refractivity (Wildman–Crippen MR) is 76.7 cm³/mol. The molecule has 0 aliphatic carbocycles. The van der Waals surface area contributed by atoms with Crippen LogP contribution in [0.15, 0.2) is 0 Å². The molecule has 2 atom stereocenters. The standard InChI is InChI=1S/C15H28N2O2/c1-4-7-8-12(6-3)11-16-13-10-14(18)17(9-5-2)15(13)19/h12-13,16H,4-11H2,1-3H3. The monoisotopic (exact) mass is 268 g/mol. The van der Waals surface area contributed by atoms with E-state index in [1.54, 1.807) is 0 Å². The molecule has 0 bridgehead atoms. The van der Waals surface area contributed by atoms with E-state index in [0.29, 0.717) is 18.9 Å². The molecule has 1 rings (SSSR count). The van der Waals surface area contributed by atoms with Gasteiger partial charge in [0, 0.05) is 6.54 Å². The van der Waals surface area contributed by atoms with Gasteiger partial charge < -0.3 is 5.32 Å². The second-order valence-electron chi connectivity index (χ2n) is 5.47. The molecule has 4 nitrogen and oxygen atoms in total. The van der Waals surface area contributed by atoms with Gasteiger partial charge in [0.25, 0.3) is 0 Å². The summed E-state index contributed by atoms with van der Waals surface area (Å²) in [6, 6.07) is -0.283. The van der Waals surface area contributed by atoms with E-state index < -0.39 is 0 Å². The first-order valence-electron chi connectivity index (χ1n) is 7.71. The molecule has 0 aromatic carbocycles. The van der Waals surface area contributed by atoms with Crippen molar-refractivity contribution in [1.82, 2.24) is 10.2 Å². The summed E-state index contributed by atoms with van der Waals surface area (Å²) in [4.78, 5) is 25.2. The largest absolute Gasteiger partial charge is 0.305 e. The Bertz CT molecular complexity index is 305. The van der Waals surface area contributed by atoms with Crippen LogP contribution < -0.4 is 5.32 Å². The van der Waals surface area contributed by atoms with Gasteiger partial charge in [0.2, 0.25) is 11.8 Å². The van der Waals surface area contributed by atoms with Crippen molar-refractivity contribution >= 4 is 11.8 Å². The Balaban J connectivity index is 2.41. The van der Waals surface area contributed by atoms with Gasteiger partial charge in [-0.3, -0.25) is 14.5 Å². The molecule has 0 aromatic heterocycles. The molecule has 4 heteroatoms. The summed E-state index contributed by atoms with van der Waals surface area (Å²) in [7, 11) is 0. The number of unbranched alkanes of at least 4 members (excludes halogenated alkanes) is 1. The number of hydrogen-bond acceptors (Lipinski definition) is 3. The first-order valence-corrected chi connectivity index (χ1v) is 7.71. The maximum absolute atomic E-state index is 12.1. The van der Waals surface area contributed by atoms with Gasteiger partial charge in [0.15, 0.2) is 0 Å². The van der Waals surface area contributed by atoms with Crippen LogP contribution in [0.3, 0.4) is 0 Å². The Kier molecular flexibility index (Phi) is 7.06. The first-order chi connectivity index (χ1) is 9.13. The van der Waals surface area contributed by atoms with Gasteiger partial charge in [-0.15, -0.1) is 0 Å². The fourth-order valence-electron chi connectivity index (χ4n) is 2.55. The molecular formula is C15H28N2O2. The molecule has 1 saturated heterocycles. The van der Waals surface area contributed by atoms with Gasteiger partial charge >= 0.3 is 0 Å². The minimum absolute atomic E-state index is 0.0223. The van der Waals surface area contributed by atoms with Gasteiger partial charge in [0.05, 0.1) is 12.5 Å². The molecule has 110 valence electrons. The highest BCUT2D eigenvalue weighted by Gasteiger charge is 2.37. The number of imide groups is 1. The molecule has 1 fully saturated rings. The van der Waals surface area contributed by atoms with E-state index in [0.717, 1.165) is 19.4 Å². The highest BCUT2D eigenvalue weighted by molar-refractivity contribution is 6.05. The van der Waals surface area contributed by atoms with Crippen molar-refractivity contribution in [3.8, 4) is 0 Å². The van der Waals surface area contributed by atoms with E-state index >= 15 is 0 Å². The predicted octanol–water partition coefficient (Wildman–Crippen LogP) is 2.33. The van der Waals surface area contributed by atoms with Gasteiger partial charge in [-0.1, -0.05) is 40.0 Å². The number of hydrogen-bond donors (Lipinski definition) is 1. The fourth-order valence-corrected chi connectivity index (χ4v) is 2.55. The van der Waals surface area contributed by atoms with Crippen molar-refractivity contribution in [1.29, 1.82) is 0 Å². The normalized spacial score (nSPS) is 21.2. The van der Waals surface area contributed by atoms with Crippen LogP contribution in [0, 0.1) is 5.92 Å². The van der Waals surface area contributed by atoms with Crippen LogP contribution in [0.2, 0.25) is 0 Å². The fraction of sp³-hybridized carbons (Fsp3) is 0.867. The summed E-state index contributed by atoms with van der Waals surface area (Å²) in [6.45, 7) is 7.77. The maximum atomic E-state index is 12.1. The molecule has 1 aliphatic rings. The SMILES string of the molecule is CCCCC(CC)CNC1CC(=O)N(CCC)C1=O. The Morgan fingerprint density at radius 3 is 2.58 bits per heavy atom. The maximum Gasteiger partial charge on any atom is 0.246 e. The lowest BCUT2D eigenvalue weighted by Gasteiger charge is -2.18. The molecule has 1 heterocycles. The Hall–Kier alpha value is -0.900. The van der Waals surface area contributed by atoms with E-state index in [9.17, 15) is 9.59 Å². The molecular weight excluding hydrogens is 240 g/mol. The average Bonchev–Trinajstić information content (AvgIpc) is 2.67. The van der Waals surface area contributed by atoms with Crippen molar-refractivity contribution in [3.63, 3.8) is 0 Å². The molecule has 0 radical (unpaired) electrons. The average molecular weight is 268 g/mol. The molecule has 1 aliphatic heterocycles. The third kappa shape index (κ3) is 4.60. The number of carbonyl (C=O) groups excluding carboxylic acids is 2. The number of nitrogens with zero attached hydrogens (tertiary/aromatic N) is 1. The summed E-state index contributed by atoms with van der Waals surface area (Å²) >= 11 is 0. The van der Waals surface area contributed by atoms with Crippen LogP contribution in [0.1, 0.15) is 59.3 Å². The van der Waals surface area contributed by atoms with Crippen LogP contribution in [-0.2, 0) is 9.59 Å². The van der Waals surface area contributed by atoms with Crippen molar-refractivity contribution < 1.29 is 9.59 Å². The molecule has 0 saturated carbocycles. The van der Waals surface area contributed by atoms with Crippen LogP contribution in [0.25, 0.3) is 0 Å². The van der Waals surface area contributed by atoms with Crippen LogP contribution >= 0.6 is 0 Å². The second kappa shape index (κ2) is 8.31. The number of carbonyl (C=O) groups is 2. The lowest BCUT2D eigenvalue weighted by molar-refractivity contribution is -0.138. The zero-order valence-corrected chi connectivity index (χ0v) is 12.6. The van der Waals surface area contributed by atoms with Crippen LogP contribution in [0.4, 0.5) is 0 Å². The van der Waals surface area contributed by atoms with Crippen LogP contribution in [-0.4, -0.2) is 35.8 Å². The Morgan fingerprint density at radius 2 is 2.00 bits per heavy atom. The summed E-state index contributed by atoms with van der Waals surface area (Å²) in [5, 5.41) is 3.30.